The number of pyridine rings is 1. The van der Waals surface area contributed by atoms with Gasteiger partial charge in [-0.3, -0.25) is 10.1 Å². The zero-order valence-corrected chi connectivity index (χ0v) is 14.1. The van der Waals surface area contributed by atoms with Crippen LogP contribution in [0.2, 0.25) is 0 Å². The number of hydrogen-bond acceptors (Lipinski definition) is 7. The summed E-state index contributed by atoms with van der Waals surface area (Å²) in [5, 5.41) is 17.2. The van der Waals surface area contributed by atoms with Gasteiger partial charge >= 0.3 is 6.18 Å². The molecule has 0 saturated heterocycles. The number of carbonyl (C=O) groups is 1. The zero-order valence-electron chi connectivity index (χ0n) is 14.1. The Bertz CT molecular complexity index is 920. The molecule has 0 saturated carbocycles. The van der Waals surface area contributed by atoms with Crippen molar-refractivity contribution in [2.75, 3.05) is 5.32 Å². The Labute approximate surface area is 150 Å². The molecular weight excluding hydrogens is 367 g/mol. The molecule has 13 heteroatoms. The maximum Gasteiger partial charge on any atom is 0.433 e. The normalized spacial score (nSPS) is 11.6. The Kier molecular flexibility index (Phi) is 5.09. The van der Waals surface area contributed by atoms with Gasteiger partial charge in [-0.05, 0) is 29.0 Å². The summed E-state index contributed by atoms with van der Waals surface area (Å²) in [6.45, 7) is 2.47. The van der Waals surface area contributed by atoms with Crippen LogP contribution in [0.4, 0.5) is 19.1 Å². The Morgan fingerprint density at radius 2 is 2.11 bits per heavy atom. The first-order chi connectivity index (χ1) is 12.9. The molecule has 1 N–H and O–H groups in total. The molecule has 10 nitrogen and oxygen atoms in total. The minimum atomic E-state index is -4.67. The average molecular weight is 381 g/mol. The van der Waals surface area contributed by atoms with Gasteiger partial charge in [0.2, 0.25) is 5.95 Å². The molecule has 1 amide bonds. The highest BCUT2D eigenvalue weighted by atomic mass is 19.4. The Morgan fingerprint density at radius 1 is 1.30 bits per heavy atom. The second-order valence-electron chi connectivity index (χ2n) is 5.44. The molecule has 0 aliphatic rings. The minimum absolute atomic E-state index is 0.0814. The second-order valence-corrected chi connectivity index (χ2v) is 5.44. The summed E-state index contributed by atoms with van der Waals surface area (Å²) in [7, 11) is 0. The number of tetrazole rings is 1. The van der Waals surface area contributed by atoms with Crippen LogP contribution in [0.3, 0.4) is 0 Å². The summed E-state index contributed by atoms with van der Waals surface area (Å²) in [6, 6.07) is 1.73. The van der Waals surface area contributed by atoms with Crippen molar-refractivity contribution in [3.05, 3.63) is 36.0 Å². The molecule has 0 aliphatic heterocycles. The average Bonchev–Trinajstić information content (AvgIpc) is 3.30. The lowest BCUT2D eigenvalue weighted by Crippen LogP contribution is -2.21. The first kappa shape index (κ1) is 18.4. The van der Waals surface area contributed by atoms with E-state index in [1.165, 1.54) is 4.68 Å². The van der Waals surface area contributed by atoms with E-state index in [0.29, 0.717) is 6.54 Å². The van der Waals surface area contributed by atoms with Gasteiger partial charge in [0.1, 0.15) is 18.3 Å². The van der Waals surface area contributed by atoms with Crippen LogP contribution >= 0.6 is 0 Å². The smallest absolute Gasteiger partial charge is 0.289 e. The van der Waals surface area contributed by atoms with E-state index < -0.39 is 17.8 Å². The topological polar surface area (TPSA) is 116 Å². The third-order valence-corrected chi connectivity index (χ3v) is 3.53. The number of carbonyl (C=O) groups excluding carboxylic acids is 1. The Morgan fingerprint density at radius 3 is 2.78 bits per heavy atom. The van der Waals surface area contributed by atoms with Crippen LogP contribution in [0.5, 0.6) is 0 Å². The van der Waals surface area contributed by atoms with Crippen molar-refractivity contribution in [2.45, 2.75) is 32.5 Å². The second kappa shape index (κ2) is 7.47. The van der Waals surface area contributed by atoms with Crippen LogP contribution in [0.15, 0.2) is 24.8 Å². The van der Waals surface area contributed by atoms with E-state index in [0.717, 1.165) is 42.3 Å². The molecule has 0 radical (unpaired) electrons. The van der Waals surface area contributed by atoms with Crippen molar-refractivity contribution < 1.29 is 18.0 Å². The molecule has 0 bridgehead atoms. The number of halogens is 3. The van der Waals surface area contributed by atoms with Crippen LogP contribution < -0.4 is 5.32 Å². The van der Waals surface area contributed by atoms with Gasteiger partial charge in [0, 0.05) is 6.54 Å². The van der Waals surface area contributed by atoms with Crippen LogP contribution in [0, 0.1) is 0 Å². The van der Waals surface area contributed by atoms with E-state index in [4.69, 9.17) is 0 Å². The van der Waals surface area contributed by atoms with Crippen molar-refractivity contribution in [3.63, 3.8) is 0 Å². The number of aromatic nitrogens is 8. The van der Waals surface area contributed by atoms with Crippen molar-refractivity contribution in [1.82, 2.24) is 40.0 Å². The zero-order chi connectivity index (χ0) is 19.4. The van der Waals surface area contributed by atoms with Gasteiger partial charge < -0.3 is 0 Å². The number of anilines is 1. The molecule has 3 heterocycles. The number of nitrogens with one attached hydrogen (secondary N) is 1. The summed E-state index contributed by atoms with van der Waals surface area (Å²) >= 11 is 0. The fourth-order valence-electron chi connectivity index (χ4n) is 2.20. The van der Waals surface area contributed by atoms with Gasteiger partial charge in [-0.15, -0.1) is 0 Å². The van der Waals surface area contributed by atoms with Crippen molar-refractivity contribution in [3.8, 4) is 5.82 Å². The molecule has 0 fully saturated rings. The summed E-state index contributed by atoms with van der Waals surface area (Å²) in [5.74, 6) is -0.959. The van der Waals surface area contributed by atoms with Gasteiger partial charge in [-0.25, -0.2) is 19.3 Å². The summed E-state index contributed by atoms with van der Waals surface area (Å²) in [4.78, 5) is 19.8. The number of hydrogen-bond donors (Lipinski definition) is 1. The van der Waals surface area contributed by atoms with Crippen LogP contribution in [0.1, 0.15) is 35.8 Å². The van der Waals surface area contributed by atoms with Crippen molar-refractivity contribution in [1.29, 1.82) is 0 Å². The van der Waals surface area contributed by atoms with E-state index in [2.05, 4.69) is 35.9 Å². The summed E-state index contributed by atoms with van der Waals surface area (Å²) in [5.41, 5.74) is -1.30. The maximum atomic E-state index is 13.0. The van der Waals surface area contributed by atoms with Gasteiger partial charge in [0.25, 0.3) is 5.91 Å². The highest BCUT2D eigenvalue weighted by Crippen LogP contribution is 2.29. The number of nitrogens with zero attached hydrogens (tertiary/aromatic N) is 8. The number of unbranched alkanes of at least 4 members (excludes halogenated alkanes) is 1. The molecule has 27 heavy (non-hydrogen) atoms. The molecular formula is C14H14F3N9O. The van der Waals surface area contributed by atoms with E-state index in [9.17, 15) is 18.0 Å². The minimum Gasteiger partial charge on any atom is -0.289 e. The quantitative estimate of drug-likeness (QED) is 0.691. The predicted molar refractivity (Wildman–Crippen MR) is 84.8 cm³/mol. The van der Waals surface area contributed by atoms with E-state index in [1.807, 2.05) is 6.92 Å². The van der Waals surface area contributed by atoms with Gasteiger partial charge in [0.05, 0.1) is 5.56 Å². The van der Waals surface area contributed by atoms with Crippen molar-refractivity contribution in [2.24, 2.45) is 0 Å². The number of rotatable bonds is 6. The van der Waals surface area contributed by atoms with Crippen molar-refractivity contribution >= 4 is 11.9 Å². The molecule has 0 aromatic carbocycles. The number of aryl methyl sites for hydroxylation is 1. The molecule has 0 spiro atoms. The Balaban J connectivity index is 1.94. The van der Waals surface area contributed by atoms with Gasteiger partial charge in [0.15, 0.2) is 5.82 Å². The molecule has 0 atom stereocenters. The fraction of sp³-hybridized carbons (Fsp3) is 0.357. The third-order valence-electron chi connectivity index (χ3n) is 3.53. The number of amides is 1. The molecule has 3 aromatic rings. The first-order valence-corrected chi connectivity index (χ1v) is 7.91. The highest BCUT2D eigenvalue weighted by Gasteiger charge is 2.34. The fourth-order valence-corrected chi connectivity index (χ4v) is 2.20. The Hall–Kier alpha value is -3.38. The first-order valence-electron chi connectivity index (χ1n) is 7.91. The third kappa shape index (κ3) is 4.07. The van der Waals surface area contributed by atoms with Crippen LogP contribution in [-0.2, 0) is 12.7 Å². The lowest BCUT2D eigenvalue weighted by atomic mass is 10.2. The molecule has 0 aliphatic carbocycles. The molecule has 3 rings (SSSR count). The van der Waals surface area contributed by atoms with E-state index >= 15 is 0 Å². The maximum absolute atomic E-state index is 13.0. The predicted octanol–water partition coefficient (Wildman–Crippen LogP) is 1.72. The standard InChI is InChI=1S/C14H14F3N9O/c1-2-3-6-25-13(22-23-24-25)21-12(27)9-4-5-10(14(15,16)17)20-11(9)26-8-18-7-19-26/h4-5,7-8H,2-3,6H2,1H3,(H,21,22,24,27). The van der Waals surface area contributed by atoms with E-state index in [-0.39, 0.29) is 17.3 Å². The molecule has 142 valence electrons. The SMILES string of the molecule is CCCCn1nnnc1NC(=O)c1ccc(C(F)(F)F)nc1-n1cncn1. The largest absolute Gasteiger partial charge is 0.433 e. The lowest BCUT2D eigenvalue weighted by Gasteiger charge is -2.12. The van der Waals surface area contributed by atoms with Crippen LogP contribution in [-0.4, -0.2) is 45.9 Å². The monoisotopic (exact) mass is 381 g/mol. The lowest BCUT2D eigenvalue weighted by molar-refractivity contribution is -0.141. The molecule has 3 aromatic heterocycles. The highest BCUT2D eigenvalue weighted by molar-refractivity contribution is 6.05. The summed E-state index contributed by atoms with van der Waals surface area (Å²) < 4.78 is 41.3. The van der Waals surface area contributed by atoms with Gasteiger partial charge in [-0.1, -0.05) is 18.4 Å². The number of alkyl halides is 3. The van der Waals surface area contributed by atoms with E-state index in [1.54, 1.807) is 0 Å². The van der Waals surface area contributed by atoms with Crippen LogP contribution in [0.25, 0.3) is 5.82 Å². The summed E-state index contributed by atoms with van der Waals surface area (Å²) in [6.07, 6.45) is -0.722. The van der Waals surface area contributed by atoms with Gasteiger partial charge in [-0.2, -0.15) is 18.3 Å². The molecule has 0 unspecified atom stereocenters.